The van der Waals surface area contributed by atoms with E-state index in [2.05, 4.69) is 18.8 Å². The normalized spacial score (nSPS) is 11.4. The van der Waals surface area contributed by atoms with Crippen molar-refractivity contribution in [2.75, 3.05) is 5.88 Å². The van der Waals surface area contributed by atoms with E-state index in [0.29, 0.717) is 5.88 Å². The highest BCUT2D eigenvalue weighted by Gasteiger charge is 2.04. The second kappa shape index (κ2) is 6.37. The average Bonchev–Trinajstić information content (AvgIpc) is 2.28. The van der Waals surface area contributed by atoms with Crippen molar-refractivity contribution in [1.82, 2.24) is 0 Å². The van der Waals surface area contributed by atoms with E-state index in [1.165, 1.54) is 0 Å². The summed E-state index contributed by atoms with van der Waals surface area (Å²) < 4.78 is 5.75. The summed E-state index contributed by atoms with van der Waals surface area (Å²) in [6.45, 7) is 4.14. The average molecular weight is 223 g/mol. The van der Waals surface area contributed by atoms with Crippen LogP contribution in [0.3, 0.4) is 0 Å². The Morgan fingerprint density at radius 1 is 1.40 bits per heavy atom. The molecule has 80 valence electrons. The van der Waals surface area contributed by atoms with Gasteiger partial charge in [-0.3, -0.25) is 0 Å². The Hall–Kier alpha value is -1.13. The van der Waals surface area contributed by atoms with Crippen LogP contribution in [0.15, 0.2) is 24.3 Å². The minimum absolute atomic E-state index is 0.212. The van der Waals surface area contributed by atoms with Gasteiger partial charge < -0.3 is 4.74 Å². The van der Waals surface area contributed by atoms with Gasteiger partial charge in [-0.1, -0.05) is 30.9 Å². The summed E-state index contributed by atoms with van der Waals surface area (Å²) in [7, 11) is 0. The molecule has 1 aromatic carbocycles. The molecule has 0 N–H and O–H groups in total. The van der Waals surface area contributed by atoms with Crippen molar-refractivity contribution >= 4 is 11.6 Å². The molecule has 15 heavy (non-hydrogen) atoms. The van der Waals surface area contributed by atoms with Crippen LogP contribution in [0.1, 0.15) is 25.8 Å². The van der Waals surface area contributed by atoms with Crippen LogP contribution in [0, 0.1) is 11.8 Å². The Bertz CT molecular complexity index is 362. The molecule has 0 heterocycles. The summed E-state index contributed by atoms with van der Waals surface area (Å²) in [4.78, 5) is 0. The molecule has 1 rings (SSSR count). The molecule has 1 nitrogen and oxygen atoms in total. The number of hydrogen-bond acceptors (Lipinski definition) is 1. The molecule has 1 atom stereocenters. The standard InChI is InChI=1S/C13H15ClO/c1-3-11(2)15-13-9-5-4-7-12(13)8-6-10-14/h4-5,7,9,11H,3,10H2,1-2H3. The highest BCUT2D eigenvalue weighted by molar-refractivity contribution is 6.19. The predicted octanol–water partition coefficient (Wildman–Crippen LogP) is 3.45. The molecule has 0 amide bonds. The maximum Gasteiger partial charge on any atom is 0.135 e. The molecular weight excluding hydrogens is 208 g/mol. The number of benzene rings is 1. The summed E-state index contributed by atoms with van der Waals surface area (Å²) in [6, 6.07) is 7.77. The van der Waals surface area contributed by atoms with Crippen molar-refractivity contribution in [3.8, 4) is 17.6 Å². The third-order valence-electron chi connectivity index (χ3n) is 2.08. The lowest BCUT2D eigenvalue weighted by Crippen LogP contribution is -2.10. The minimum Gasteiger partial charge on any atom is -0.489 e. The van der Waals surface area contributed by atoms with Gasteiger partial charge in [0.1, 0.15) is 5.75 Å². The number of ether oxygens (including phenoxy) is 1. The van der Waals surface area contributed by atoms with Crippen LogP contribution in [0.5, 0.6) is 5.75 Å². The van der Waals surface area contributed by atoms with E-state index in [4.69, 9.17) is 16.3 Å². The highest BCUT2D eigenvalue weighted by Crippen LogP contribution is 2.18. The Balaban J connectivity index is 2.86. The number of alkyl halides is 1. The molecule has 0 saturated carbocycles. The van der Waals surface area contributed by atoms with E-state index in [9.17, 15) is 0 Å². The fraction of sp³-hybridized carbons (Fsp3) is 0.385. The molecule has 0 fully saturated rings. The first-order valence-electron chi connectivity index (χ1n) is 5.08. The van der Waals surface area contributed by atoms with Gasteiger partial charge in [0.05, 0.1) is 17.5 Å². The third kappa shape index (κ3) is 3.85. The predicted molar refractivity (Wildman–Crippen MR) is 64.4 cm³/mol. The van der Waals surface area contributed by atoms with E-state index in [1.807, 2.05) is 31.2 Å². The lowest BCUT2D eigenvalue weighted by molar-refractivity contribution is 0.217. The van der Waals surface area contributed by atoms with Gasteiger partial charge in [0, 0.05) is 0 Å². The number of rotatable bonds is 3. The Morgan fingerprint density at radius 3 is 2.80 bits per heavy atom. The van der Waals surface area contributed by atoms with Crippen molar-refractivity contribution < 1.29 is 4.74 Å². The van der Waals surface area contributed by atoms with Gasteiger partial charge in [-0.15, -0.1) is 11.6 Å². The summed E-state index contributed by atoms with van der Waals surface area (Å²) in [5.41, 5.74) is 0.901. The Morgan fingerprint density at radius 2 is 2.13 bits per heavy atom. The maximum absolute atomic E-state index is 5.75. The molecular formula is C13H15ClO. The lowest BCUT2D eigenvalue weighted by Gasteiger charge is -2.13. The van der Waals surface area contributed by atoms with Gasteiger partial charge in [-0.2, -0.15) is 0 Å². The smallest absolute Gasteiger partial charge is 0.135 e. The second-order valence-corrected chi connectivity index (χ2v) is 3.54. The third-order valence-corrected chi connectivity index (χ3v) is 2.21. The molecule has 1 unspecified atom stereocenters. The quantitative estimate of drug-likeness (QED) is 0.562. The summed E-state index contributed by atoms with van der Waals surface area (Å²) in [6.07, 6.45) is 1.20. The van der Waals surface area contributed by atoms with Crippen molar-refractivity contribution in [3.63, 3.8) is 0 Å². The summed E-state index contributed by atoms with van der Waals surface area (Å²) in [5, 5.41) is 0. The molecule has 1 aromatic rings. The largest absolute Gasteiger partial charge is 0.489 e. The Kier molecular flexibility index (Phi) is 5.07. The van der Waals surface area contributed by atoms with Gasteiger partial charge in [-0.25, -0.2) is 0 Å². The van der Waals surface area contributed by atoms with Crippen molar-refractivity contribution in [3.05, 3.63) is 29.8 Å². The first-order valence-corrected chi connectivity index (χ1v) is 5.62. The minimum atomic E-state index is 0.212. The maximum atomic E-state index is 5.75. The van der Waals surface area contributed by atoms with Gasteiger partial charge in [0.25, 0.3) is 0 Å². The fourth-order valence-corrected chi connectivity index (χ4v) is 1.17. The number of para-hydroxylation sites is 1. The fourth-order valence-electron chi connectivity index (χ4n) is 1.10. The molecule has 0 saturated heterocycles. The van der Waals surface area contributed by atoms with E-state index < -0.39 is 0 Å². The van der Waals surface area contributed by atoms with E-state index in [-0.39, 0.29) is 6.10 Å². The van der Waals surface area contributed by atoms with Gasteiger partial charge >= 0.3 is 0 Å². The van der Waals surface area contributed by atoms with E-state index >= 15 is 0 Å². The lowest BCUT2D eigenvalue weighted by atomic mass is 10.2. The van der Waals surface area contributed by atoms with Crippen LogP contribution < -0.4 is 4.74 Å². The molecule has 0 aromatic heterocycles. The van der Waals surface area contributed by atoms with Crippen molar-refractivity contribution in [2.45, 2.75) is 26.4 Å². The zero-order valence-corrected chi connectivity index (χ0v) is 9.84. The first kappa shape index (κ1) is 11.9. The van der Waals surface area contributed by atoms with Gasteiger partial charge in [0.2, 0.25) is 0 Å². The molecule has 0 radical (unpaired) electrons. The first-order chi connectivity index (χ1) is 7.27. The highest BCUT2D eigenvalue weighted by atomic mass is 35.5. The SMILES string of the molecule is CCC(C)Oc1ccccc1C#CCCl. The van der Waals surface area contributed by atoms with Crippen LogP contribution >= 0.6 is 11.6 Å². The van der Waals surface area contributed by atoms with Crippen LogP contribution in [0.4, 0.5) is 0 Å². The zero-order chi connectivity index (χ0) is 11.1. The number of hydrogen-bond donors (Lipinski definition) is 0. The molecule has 0 spiro atoms. The monoisotopic (exact) mass is 222 g/mol. The summed E-state index contributed by atoms with van der Waals surface area (Å²) in [5.74, 6) is 7.00. The second-order valence-electron chi connectivity index (χ2n) is 3.27. The van der Waals surface area contributed by atoms with Gasteiger partial charge in [-0.05, 0) is 25.5 Å². The molecule has 0 aliphatic rings. The summed E-state index contributed by atoms with van der Waals surface area (Å²) >= 11 is 5.52. The van der Waals surface area contributed by atoms with Crippen LogP contribution in [-0.4, -0.2) is 12.0 Å². The molecule has 0 bridgehead atoms. The Labute approximate surface area is 96.4 Å². The van der Waals surface area contributed by atoms with E-state index in [1.54, 1.807) is 0 Å². The van der Waals surface area contributed by atoms with E-state index in [0.717, 1.165) is 17.7 Å². The molecule has 2 heteroatoms. The van der Waals surface area contributed by atoms with Crippen molar-refractivity contribution in [1.29, 1.82) is 0 Å². The van der Waals surface area contributed by atoms with Gasteiger partial charge in [0.15, 0.2) is 0 Å². The zero-order valence-electron chi connectivity index (χ0n) is 9.09. The van der Waals surface area contributed by atoms with Crippen LogP contribution in [0.2, 0.25) is 0 Å². The molecule has 0 aliphatic carbocycles. The molecule has 0 aliphatic heterocycles. The van der Waals surface area contributed by atoms with Crippen LogP contribution in [-0.2, 0) is 0 Å². The van der Waals surface area contributed by atoms with Crippen molar-refractivity contribution in [2.24, 2.45) is 0 Å². The topological polar surface area (TPSA) is 9.23 Å². The van der Waals surface area contributed by atoms with Crippen LogP contribution in [0.25, 0.3) is 0 Å². The number of halogens is 1.